The van der Waals surface area contributed by atoms with Crippen LogP contribution in [0.25, 0.3) is 16.6 Å². The zero-order valence-electron chi connectivity index (χ0n) is 27.2. The summed E-state index contributed by atoms with van der Waals surface area (Å²) < 4.78 is 19.7. The molecule has 9 nitrogen and oxygen atoms in total. The molecule has 1 aliphatic rings. The highest BCUT2D eigenvalue weighted by Crippen LogP contribution is 2.34. The SMILES string of the molecule is CC(=O)N(C(=O)c1ccc(C(C)C)cc1)c1cccc(-n2c(=O)n(C3CC3)c(=O)c3c(Cc4ccc(I)cc4F)n(C)c(=O)c(C)c32)c1. The maximum atomic E-state index is 15.1. The summed E-state index contributed by atoms with van der Waals surface area (Å²) >= 11 is 2.01. The summed E-state index contributed by atoms with van der Waals surface area (Å²) in [6, 6.07) is 17.8. The molecular formula is C37H34FIN4O5. The van der Waals surface area contributed by atoms with Crippen LogP contribution >= 0.6 is 22.6 Å². The second kappa shape index (κ2) is 12.8. The Kier molecular flexibility index (Phi) is 8.84. The van der Waals surface area contributed by atoms with Crippen molar-refractivity contribution >= 4 is 51.0 Å². The van der Waals surface area contributed by atoms with Crippen molar-refractivity contribution < 1.29 is 14.0 Å². The van der Waals surface area contributed by atoms with Crippen LogP contribution in [-0.4, -0.2) is 25.5 Å². The number of rotatable bonds is 7. The number of benzene rings is 3. The molecule has 2 aromatic heterocycles. The van der Waals surface area contributed by atoms with Crippen LogP contribution in [0, 0.1) is 16.3 Å². The van der Waals surface area contributed by atoms with E-state index in [-0.39, 0.29) is 51.9 Å². The Morgan fingerprint density at radius 2 is 1.67 bits per heavy atom. The minimum absolute atomic E-state index is 0.0639. The van der Waals surface area contributed by atoms with Crippen molar-refractivity contribution in [1.82, 2.24) is 13.7 Å². The quantitative estimate of drug-likeness (QED) is 0.186. The van der Waals surface area contributed by atoms with E-state index in [4.69, 9.17) is 0 Å². The number of carbonyl (C=O) groups is 2. The Balaban J connectivity index is 1.59. The van der Waals surface area contributed by atoms with Gasteiger partial charge in [-0.1, -0.05) is 38.1 Å². The number of aromatic nitrogens is 3. The lowest BCUT2D eigenvalue weighted by molar-refractivity contribution is -0.115. The third kappa shape index (κ3) is 5.84. The molecule has 0 unspecified atom stereocenters. The van der Waals surface area contributed by atoms with E-state index in [2.05, 4.69) is 0 Å². The van der Waals surface area contributed by atoms with Crippen LogP contribution < -0.4 is 21.7 Å². The normalized spacial score (nSPS) is 12.9. The zero-order valence-corrected chi connectivity index (χ0v) is 29.4. The van der Waals surface area contributed by atoms with Gasteiger partial charge in [-0.15, -0.1) is 0 Å². The Bertz CT molecular complexity index is 2320. The van der Waals surface area contributed by atoms with Crippen LogP contribution in [0.3, 0.4) is 0 Å². The molecule has 5 aromatic rings. The average Bonchev–Trinajstić information content (AvgIpc) is 3.88. The molecule has 0 radical (unpaired) electrons. The highest BCUT2D eigenvalue weighted by atomic mass is 127. The molecule has 0 bridgehead atoms. The molecule has 1 saturated carbocycles. The van der Waals surface area contributed by atoms with E-state index in [1.54, 1.807) is 49.4 Å². The number of hydrogen-bond donors (Lipinski definition) is 0. The number of hydrogen-bond acceptors (Lipinski definition) is 5. The van der Waals surface area contributed by atoms with E-state index >= 15 is 4.39 Å². The summed E-state index contributed by atoms with van der Waals surface area (Å²) in [7, 11) is 1.54. The largest absolute Gasteiger partial charge is 0.336 e. The lowest BCUT2D eigenvalue weighted by Crippen LogP contribution is -2.41. The number of amides is 2. The van der Waals surface area contributed by atoms with Gasteiger partial charge in [0.05, 0.1) is 22.3 Å². The second-order valence-corrected chi connectivity index (χ2v) is 13.8. The monoisotopic (exact) mass is 760 g/mol. The third-order valence-corrected chi connectivity index (χ3v) is 9.61. The predicted octanol–water partition coefficient (Wildman–Crippen LogP) is 6.15. The van der Waals surface area contributed by atoms with Crippen molar-refractivity contribution in [3.8, 4) is 5.69 Å². The highest BCUT2D eigenvalue weighted by molar-refractivity contribution is 14.1. The first-order valence-electron chi connectivity index (χ1n) is 15.7. The van der Waals surface area contributed by atoms with Gasteiger partial charge >= 0.3 is 5.69 Å². The predicted molar refractivity (Wildman–Crippen MR) is 192 cm³/mol. The zero-order chi connectivity index (χ0) is 34.6. The molecule has 0 atom stereocenters. The molecule has 3 aromatic carbocycles. The van der Waals surface area contributed by atoms with E-state index in [0.717, 1.165) is 10.5 Å². The number of halogens is 2. The van der Waals surface area contributed by atoms with Crippen LogP contribution in [0.1, 0.15) is 78.3 Å². The number of carbonyl (C=O) groups excluding carboxylic acids is 2. The van der Waals surface area contributed by atoms with Gasteiger partial charge in [0.25, 0.3) is 17.0 Å². The first-order chi connectivity index (χ1) is 22.8. The van der Waals surface area contributed by atoms with Crippen LogP contribution in [0.15, 0.2) is 81.1 Å². The minimum Gasteiger partial charge on any atom is -0.314 e. The van der Waals surface area contributed by atoms with Crippen molar-refractivity contribution in [3.05, 3.63) is 135 Å². The Hall–Kier alpha value is -4.65. The fourth-order valence-electron chi connectivity index (χ4n) is 6.18. The van der Waals surface area contributed by atoms with Gasteiger partial charge in [-0.05, 0) is 102 Å². The summed E-state index contributed by atoms with van der Waals surface area (Å²) in [4.78, 5) is 69.9. The first kappa shape index (κ1) is 33.3. The van der Waals surface area contributed by atoms with E-state index < -0.39 is 34.4 Å². The molecular weight excluding hydrogens is 726 g/mol. The summed E-state index contributed by atoms with van der Waals surface area (Å²) in [5.74, 6) is -1.28. The lowest BCUT2D eigenvalue weighted by atomic mass is 10.0. The van der Waals surface area contributed by atoms with Crippen molar-refractivity contribution in [2.75, 3.05) is 4.90 Å². The summed E-state index contributed by atoms with van der Waals surface area (Å²) in [6.07, 6.45) is 1.20. The Morgan fingerprint density at radius 3 is 2.27 bits per heavy atom. The molecule has 0 saturated heterocycles. The van der Waals surface area contributed by atoms with Gasteiger partial charge in [0.2, 0.25) is 5.91 Å². The molecule has 6 rings (SSSR count). The number of nitrogens with zero attached hydrogens (tertiary/aromatic N) is 4. The number of aryl methyl sites for hydroxylation is 1. The van der Waals surface area contributed by atoms with Gasteiger partial charge in [0, 0.05) is 46.8 Å². The Morgan fingerprint density at radius 1 is 0.979 bits per heavy atom. The van der Waals surface area contributed by atoms with Gasteiger partial charge < -0.3 is 4.57 Å². The highest BCUT2D eigenvalue weighted by Gasteiger charge is 2.32. The van der Waals surface area contributed by atoms with Crippen molar-refractivity contribution in [2.24, 2.45) is 7.05 Å². The molecule has 1 fully saturated rings. The van der Waals surface area contributed by atoms with Crippen molar-refractivity contribution in [2.45, 2.75) is 58.9 Å². The van der Waals surface area contributed by atoms with Gasteiger partial charge in [-0.2, -0.15) is 0 Å². The molecule has 2 amide bonds. The number of imide groups is 1. The van der Waals surface area contributed by atoms with Gasteiger partial charge in [-0.3, -0.25) is 28.3 Å². The van der Waals surface area contributed by atoms with E-state index in [0.29, 0.717) is 27.5 Å². The van der Waals surface area contributed by atoms with Crippen molar-refractivity contribution in [3.63, 3.8) is 0 Å². The van der Waals surface area contributed by atoms with Crippen LogP contribution in [0.2, 0.25) is 0 Å². The third-order valence-electron chi connectivity index (χ3n) is 8.94. The molecule has 0 N–H and O–H groups in total. The van der Waals surface area contributed by atoms with Crippen LogP contribution in [0.5, 0.6) is 0 Å². The van der Waals surface area contributed by atoms with Crippen LogP contribution in [0.4, 0.5) is 10.1 Å². The Labute approximate surface area is 289 Å². The average molecular weight is 761 g/mol. The molecule has 11 heteroatoms. The van der Waals surface area contributed by atoms with E-state index in [1.165, 1.54) is 39.8 Å². The molecule has 0 spiro atoms. The van der Waals surface area contributed by atoms with Gasteiger partial charge in [0.15, 0.2) is 0 Å². The summed E-state index contributed by atoms with van der Waals surface area (Å²) in [5.41, 5.74) is 1.04. The first-order valence-corrected chi connectivity index (χ1v) is 16.8. The number of pyridine rings is 1. The van der Waals surface area contributed by atoms with E-state index in [9.17, 15) is 24.0 Å². The lowest BCUT2D eigenvalue weighted by Gasteiger charge is -2.22. The summed E-state index contributed by atoms with van der Waals surface area (Å²) in [5, 5.41) is 0.134. The smallest absolute Gasteiger partial charge is 0.314 e. The van der Waals surface area contributed by atoms with Gasteiger partial charge in [-0.25, -0.2) is 14.1 Å². The maximum Gasteiger partial charge on any atom is 0.336 e. The summed E-state index contributed by atoms with van der Waals surface area (Å²) in [6.45, 7) is 6.92. The minimum atomic E-state index is -0.639. The second-order valence-electron chi connectivity index (χ2n) is 12.6. The van der Waals surface area contributed by atoms with Crippen LogP contribution in [-0.2, 0) is 18.3 Å². The fourth-order valence-corrected chi connectivity index (χ4v) is 6.64. The molecule has 246 valence electrons. The fraction of sp³-hybridized carbons (Fsp3) is 0.270. The molecule has 0 aliphatic heterocycles. The molecule has 48 heavy (non-hydrogen) atoms. The maximum absolute atomic E-state index is 15.1. The van der Waals surface area contributed by atoms with Gasteiger partial charge in [0.1, 0.15) is 5.82 Å². The van der Waals surface area contributed by atoms with E-state index in [1.807, 2.05) is 48.6 Å². The molecule has 1 aliphatic carbocycles. The van der Waals surface area contributed by atoms with Crippen molar-refractivity contribution in [1.29, 1.82) is 0 Å². The molecule has 2 heterocycles. The number of anilines is 1. The topological polar surface area (TPSA) is 103 Å². The standard InChI is InChI=1S/C37H34FIN4O5/c1-20(2)23-9-11-24(12-10-23)35(46)41(22(4)44)28-7-6-8-29(19-28)42-33-21(3)34(45)40(5)31(17-25-13-14-26(39)18-30(25)38)32(33)36(47)43(37(42)48)27-15-16-27/h6-14,18-20,27H,15-17H2,1-5H3. The number of fused-ring (bicyclic) bond motifs is 1.